The van der Waals surface area contributed by atoms with E-state index in [0.717, 1.165) is 17.5 Å². The number of aromatic nitrogens is 2. The predicted molar refractivity (Wildman–Crippen MR) is 107 cm³/mol. The molecule has 0 aliphatic heterocycles. The van der Waals surface area contributed by atoms with E-state index >= 15 is 0 Å². The van der Waals surface area contributed by atoms with Crippen molar-refractivity contribution in [1.29, 1.82) is 0 Å². The Morgan fingerprint density at radius 1 is 1.04 bits per heavy atom. The van der Waals surface area contributed by atoms with E-state index in [1.54, 1.807) is 0 Å². The molecule has 1 atom stereocenters. The quantitative estimate of drug-likeness (QED) is 0.571. The van der Waals surface area contributed by atoms with Gasteiger partial charge in [0.2, 0.25) is 11.8 Å². The molecule has 0 fully saturated rings. The summed E-state index contributed by atoms with van der Waals surface area (Å²) in [7, 11) is 0. The van der Waals surface area contributed by atoms with E-state index in [2.05, 4.69) is 29.4 Å². The molecular weight excluding hydrogens is 358 g/mol. The summed E-state index contributed by atoms with van der Waals surface area (Å²) in [5.41, 5.74) is 1.98. The zero-order valence-corrected chi connectivity index (χ0v) is 16.3. The van der Waals surface area contributed by atoms with Crippen LogP contribution in [0.2, 0.25) is 0 Å². The van der Waals surface area contributed by atoms with E-state index in [-0.39, 0.29) is 17.7 Å². The predicted octanol–water partition coefficient (Wildman–Crippen LogP) is 4.73. The van der Waals surface area contributed by atoms with Crippen molar-refractivity contribution in [3.8, 4) is 11.5 Å². The first-order chi connectivity index (χ1) is 13.1. The minimum Gasteiger partial charge on any atom is -0.411 e. The lowest BCUT2D eigenvalue weighted by molar-refractivity contribution is -0.119. The minimum absolute atomic E-state index is 0.00173. The largest absolute Gasteiger partial charge is 0.411 e. The number of thioether (sulfide) groups is 1. The summed E-state index contributed by atoms with van der Waals surface area (Å²) in [6.45, 7) is 4.31. The van der Waals surface area contributed by atoms with Crippen LogP contribution in [0.5, 0.6) is 0 Å². The number of nitrogens with zero attached hydrogens (tertiary/aromatic N) is 2. The summed E-state index contributed by atoms with van der Waals surface area (Å²) in [5.74, 6) is 1.12. The van der Waals surface area contributed by atoms with E-state index in [0.29, 0.717) is 17.0 Å². The Morgan fingerprint density at radius 2 is 1.70 bits per heavy atom. The van der Waals surface area contributed by atoms with Gasteiger partial charge in [0.1, 0.15) is 0 Å². The van der Waals surface area contributed by atoms with E-state index < -0.39 is 0 Å². The SMILES string of the molecule is CC(C)CC(NC(=O)CSc1nnc(-c2ccccc2)o1)c1ccccc1. The number of carbonyl (C=O) groups excluding carboxylic acids is 1. The lowest BCUT2D eigenvalue weighted by Gasteiger charge is -2.21. The Kier molecular flexibility index (Phi) is 6.65. The van der Waals surface area contributed by atoms with Gasteiger partial charge in [-0.3, -0.25) is 4.79 Å². The Morgan fingerprint density at radius 3 is 2.37 bits per heavy atom. The second-order valence-corrected chi connectivity index (χ2v) is 7.61. The molecule has 27 heavy (non-hydrogen) atoms. The first-order valence-electron chi connectivity index (χ1n) is 8.98. The van der Waals surface area contributed by atoms with Crippen LogP contribution in [0.15, 0.2) is 70.3 Å². The highest BCUT2D eigenvalue weighted by Crippen LogP contribution is 2.24. The van der Waals surface area contributed by atoms with E-state index in [1.165, 1.54) is 11.8 Å². The van der Waals surface area contributed by atoms with E-state index in [1.807, 2.05) is 60.7 Å². The van der Waals surface area contributed by atoms with Gasteiger partial charge in [0.25, 0.3) is 5.22 Å². The number of benzene rings is 2. The molecule has 3 rings (SSSR count). The molecular formula is C21H23N3O2S. The zero-order chi connectivity index (χ0) is 19.1. The lowest BCUT2D eigenvalue weighted by Crippen LogP contribution is -2.30. The maximum atomic E-state index is 12.4. The van der Waals surface area contributed by atoms with Crippen LogP contribution < -0.4 is 5.32 Å². The molecule has 0 spiro atoms. The van der Waals surface area contributed by atoms with Crippen molar-refractivity contribution in [3.63, 3.8) is 0 Å². The fourth-order valence-electron chi connectivity index (χ4n) is 2.76. The van der Waals surface area contributed by atoms with Gasteiger partial charge >= 0.3 is 0 Å². The highest BCUT2D eigenvalue weighted by atomic mass is 32.2. The van der Waals surface area contributed by atoms with E-state index in [9.17, 15) is 4.79 Å². The third-order valence-electron chi connectivity index (χ3n) is 4.00. The summed E-state index contributed by atoms with van der Waals surface area (Å²) < 4.78 is 5.64. The van der Waals surface area contributed by atoms with Crippen LogP contribution in [-0.4, -0.2) is 21.9 Å². The smallest absolute Gasteiger partial charge is 0.277 e. The van der Waals surface area contributed by atoms with Crippen LogP contribution in [0, 0.1) is 5.92 Å². The highest BCUT2D eigenvalue weighted by molar-refractivity contribution is 7.99. The molecule has 1 heterocycles. The molecule has 0 aliphatic rings. The maximum Gasteiger partial charge on any atom is 0.277 e. The third-order valence-corrected chi connectivity index (χ3v) is 4.82. The summed E-state index contributed by atoms with van der Waals surface area (Å²) in [6.07, 6.45) is 0.888. The molecule has 1 unspecified atom stereocenters. The highest BCUT2D eigenvalue weighted by Gasteiger charge is 2.17. The Bertz CT molecular complexity index is 850. The summed E-state index contributed by atoms with van der Waals surface area (Å²) in [6, 6.07) is 19.6. The minimum atomic E-state index is -0.0473. The third kappa shape index (κ3) is 5.69. The molecule has 1 amide bonds. The number of nitrogens with one attached hydrogen (secondary N) is 1. The van der Waals surface area contributed by atoms with Gasteiger partial charge in [-0.05, 0) is 30.0 Å². The first-order valence-corrected chi connectivity index (χ1v) is 9.96. The van der Waals surface area contributed by atoms with Crippen molar-refractivity contribution in [3.05, 3.63) is 66.2 Å². The summed E-state index contributed by atoms with van der Waals surface area (Å²) in [5, 5.41) is 11.6. The topological polar surface area (TPSA) is 68.0 Å². The first kappa shape index (κ1) is 19.2. The molecule has 3 aromatic rings. The summed E-state index contributed by atoms with van der Waals surface area (Å²) in [4.78, 5) is 12.4. The van der Waals surface area contributed by atoms with Crippen LogP contribution in [0.4, 0.5) is 0 Å². The molecule has 0 bridgehead atoms. The van der Waals surface area contributed by atoms with Gasteiger partial charge in [0, 0.05) is 5.56 Å². The Hall–Kier alpha value is -2.60. The number of hydrogen-bond acceptors (Lipinski definition) is 5. The molecule has 1 aromatic heterocycles. The Balaban J connectivity index is 1.57. The standard InChI is InChI=1S/C21H23N3O2S/c1-15(2)13-18(16-9-5-3-6-10-16)22-19(25)14-27-21-24-23-20(26-21)17-11-7-4-8-12-17/h3-12,15,18H,13-14H2,1-2H3,(H,22,25). The molecule has 0 saturated carbocycles. The van der Waals surface area contributed by atoms with Gasteiger partial charge in [0.05, 0.1) is 11.8 Å². The van der Waals surface area contributed by atoms with Gasteiger partial charge in [-0.1, -0.05) is 74.1 Å². The summed E-state index contributed by atoms with van der Waals surface area (Å²) >= 11 is 1.25. The van der Waals surface area contributed by atoms with Crippen molar-refractivity contribution in [1.82, 2.24) is 15.5 Å². The number of carbonyl (C=O) groups is 1. The number of rotatable bonds is 8. The second-order valence-electron chi connectivity index (χ2n) is 6.69. The van der Waals surface area contributed by atoms with Gasteiger partial charge < -0.3 is 9.73 Å². The molecule has 140 valence electrons. The molecule has 5 nitrogen and oxygen atoms in total. The van der Waals surface area contributed by atoms with Crippen LogP contribution in [-0.2, 0) is 4.79 Å². The van der Waals surface area contributed by atoms with Crippen LogP contribution in [0.3, 0.4) is 0 Å². The van der Waals surface area contributed by atoms with E-state index in [4.69, 9.17) is 4.42 Å². The normalized spacial score (nSPS) is 12.1. The molecule has 1 N–H and O–H groups in total. The zero-order valence-electron chi connectivity index (χ0n) is 15.5. The van der Waals surface area contributed by atoms with Gasteiger partial charge in [-0.2, -0.15) is 0 Å². The average molecular weight is 382 g/mol. The van der Waals surface area contributed by atoms with Crippen molar-refractivity contribution in [2.75, 3.05) is 5.75 Å². The second kappa shape index (κ2) is 9.37. The molecule has 6 heteroatoms. The maximum absolute atomic E-state index is 12.4. The fraction of sp³-hybridized carbons (Fsp3) is 0.286. The van der Waals surface area contributed by atoms with Crippen molar-refractivity contribution in [2.24, 2.45) is 5.92 Å². The average Bonchev–Trinajstić information content (AvgIpc) is 3.16. The van der Waals surface area contributed by atoms with Gasteiger partial charge in [-0.25, -0.2) is 0 Å². The van der Waals surface area contributed by atoms with Crippen LogP contribution in [0.1, 0.15) is 31.9 Å². The van der Waals surface area contributed by atoms with Crippen molar-refractivity contribution >= 4 is 17.7 Å². The molecule has 0 saturated heterocycles. The van der Waals surface area contributed by atoms with Crippen molar-refractivity contribution < 1.29 is 9.21 Å². The molecule has 2 aromatic carbocycles. The van der Waals surface area contributed by atoms with Gasteiger partial charge in [-0.15, -0.1) is 10.2 Å². The molecule has 0 radical (unpaired) electrons. The molecule has 0 aliphatic carbocycles. The Labute approximate surface area is 163 Å². The lowest BCUT2D eigenvalue weighted by atomic mass is 9.97. The van der Waals surface area contributed by atoms with Crippen LogP contribution >= 0.6 is 11.8 Å². The fourth-order valence-corrected chi connectivity index (χ4v) is 3.34. The number of hydrogen-bond donors (Lipinski definition) is 1. The van der Waals surface area contributed by atoms with Crippen molar-refractivity contribution in [2.45, 2.75) is 31.5 Å². The monoisotopic (exact) mass is 381 g/mol. The number of amides is 1. The van der Waals surface area contributed by atoms with Gasteiger partial charge in [0.15, 0.2) is 0 Å². The van der Waals surface area contributed by atoms with Crippen LogP contribution in [0.25, 0.3) is 11.5 Å².